The van der Waals surface area contributed by atoms with Crippen LogP contribution in [0.4, 0.5) is 8.78 Å². The van der Waals surface area contributed by atoms with Crippen LogP contribution >= 0.6 is 0 Å². The molecule has 1 aromatic carbocycles. The molecule has 0 aliphatic rings. The highest BCUT2D eigenvalue weighted by Gasteiger charge is 2.00. The summed E-state index contributed by atoms with van der Waals surface area (Å²) in [5.74, 6) is -0.219. The molecule has 0 N–H and O–H groups in total. The Labute approximate surface area is 71.2 Å². The summed E-state index contributed by atoms with van der Waals surface area (Å²) in [6.45, 7) is 1.45. The van der Waals surface area contributed by atoms with Crippen molar-refractivity contribution in [2.75, 3.05) is 6.67 Å². The topological polar surface area (TPSA) is 0 Å². The molecule has 0 aliphatic carbocycles. The molecule has 0 aliphatic heterocycles. The number of aryl methyl sites for hydroxylation is 2. The summed E-state index contributed by atoms with van der Waals surface area (Å²) in [4.78, 5) is 0. The molecule has 0 radical (unpaired) electrons. The third kappa shape index (κ3) is 2.29. The highest BCUT2D eigenvalue weighted by atomic mass is 19.1. The van der Waals surface area contributed by atoms with E-state index in [-0.39, 0.29) is 12.5 Å². The fourth-order valence-corrected chi connectivity index (χ4v) is 1.11. The molecule has 0 atom stereocenters. The monoisotopic (exact) mass is 170 g/mol. The van der Waals surface area contributed by atoms with Gasteiger partial charge in [0.25, 0.3) is 0 Å². The van der Waals surface area contributed by atoms with Crippen molar-refractivity contribution in [3.05, 3.63) is 35.1 Å². The molecule has 1 rings (SSSR count). The first-order valence-corrected chi connectivity index (χ1v) is 4.05. The van der Waals surface area contributed by atoms with Crippen molar-refractivity contribution < 1.29 is 8.78 Å². The first-order chi connectivity index (χ1) is 5.74. The van der Waals surface area contributed by atoms with Gasteiger partial charge in [0.15, 0.2) is 0 Å². The van der Waals surface area contributed by atoms with Crippen molar-refractivity contribution in [3.8, 4) is 0 Å². The first kappa shape index (κ1) is 9.17. The second-order valence-corrected chi connectivity index (χ2v) is 2.89. The minimum atomic E-state index is -0.382. The van der Waals surface area contributed by atoms with E-state index >= 15 is 0 Å². The molecule has 2 heteroatoms. The third-order valence-corrected chi connectivity index (χ3v) is 1.79. The van der Waals surface area contributed by atoms with Gasteiger partial charge in [-0.15, -0.1) is 0 Å². The minimum absolute atomic E-state index is 0.219. The molecule has 0 fully saturated rings. The van der Waals surface area contributed by atoms with Crippen LogP contribution in [0.5, 0.6) is 0 Å². The van der Waals surface area contributed by atoms with Crippen LogP contribution in [0.3, 0.4) is 0 Å². The predicted octanol–water partition coefficient (Wildman–Crippen LogP) is 3.04. The number of benzene rings is 1. The lowest BCUT2D eigenvalue weighted by Crippen LogP contribution is -1.92. The van der Waals surface area contributed by atoms with Gasteiger partial charge in [-0.25, -0.2) is 4.39 Å². The van der Waals surface area contributed by atoms with Crippen LogP contribution in [0.2, 0.25) is 0 Å². The molecule has 0 saturated heterocycles. The maximum atomic E-state index is 13.1. The lowest BCUT2D eigenvalue weighted by atomic mass is 10.1. The van der Waals surface area contributed by atoms with Crippen molar-refractivity contribution in [3.63, 3.8) is 0 Å². The van der Waals surface area contributed by atoms with Gasteiger partial charge in [0.1, 0.15) is 5.82 Å². The molecule has 0 heterocycles. The smallest absolute Gasteiger partial charge is 0.126 e. The van der Waals surface area contributed by atoms with Gasteiger partial charge >= 0.3 is 0 Å². The zero-order valence-electron chi connectivity index (χ0n) is 7.11. The van der Waals surface area contributed by atoms with Crippen molar-refractivity contribution in [1.29, 1.82) is 0 Å². The molecule has 0 aromatic heterocycles. The van der Waals surface area contributed by atoms with Gasteiger partial charge in [0.2, 0.25) is 0 Å². The van der Waals surface area contributed by atoms with E-state index < -0.39 is 0 Å². The zero-order chi connectivity index (χ0) is 8.97. The van der Waals surface area contributed by atoms with Gasteiger partial charge in [-0.3, -0.25) is 4.39 Å². The van der Waals surface area contributed by atoms with E-state index in [0.717, 1.165) is 5.56 Å². The van der Waals surface area contributed by atoms with E-state index in [2.05, 4.69) is 0 Å². The normalized spacial score (nSPS) is 10.2. The Bertz CT molecular complexity index is 256. The number of hydrogen-bond donors (Lipinski definition) is 0. The van der Waals surface area contributed by atoms with Crippen LogP contribution in [0.1, 0.15) is 17.5 Å². The van der Waals surface area contributed by atoms with Crippen LogP contribution in [0.15, 0.2) is 18.2 Å². The Hall–Kier alpha value is -0.920. The van der Waals surface area contributed by atoms with Crippen molar-refractivity contribution in [2.45, 2.75) is 19.8 Å². The largest absolute Gasteiger partial charge is 0.251 e. The summed E-state index contributed by atoms with van der Waals surface area (Å²) in [5.41, 5.74) is 1.51. The van der Waals surface area contributed by atoms with Crippen molar-refractivity contribution >= 4 is 0 Å². The van der Waals surface area contributed by atoms with E-state index in [4.69, 9.17) is 0 Å². The van der Waals surface area contributed by atoms with E-state index in [1.807, 2.05) is 13.0 Å². The second-order valence-electron chi connectivity index (χ2n) is 2.89. The van der Waals surface area contributed by atoms with Crippen LogP contribution in [-0.4, -0.2) is 6.67 Å². The van der Waals surface area contributed by atoms with E-state index in [0.29, 0.717) is 18.4 Å². The molecule has 0 unspecified atom stereocenters. The Morgan fingerprint density at radius 1 is 1.33 bits per heavy atom. The Balaban J connectivity index is 2.72. The molecular weight excluding hydrogens is 158 g/mol. The van der Waals surface area contributed by atoms with Crippen LogP contribution in [0, 0.1) is 12.7 Å². The van der Waals surface area contributed by atoms with Gasteiger partial charge in [0, 0.05) is 0 Å². The molecule has 12 heavy (non-hydrogen) atoms. The minimum Gasteiger partial charge on any atom is -0.251 e. The Morgan fingerprint density at radius 2 is 2.08 bits per heavy atom. The van der Waals surface area contributed by atoms with E-state index in [9.17, 15) is 8.78 Å². The van der Waals surface area contributed by atoms with Crippen LogP contribution in [-0.2, 0) is 6.42 Å². The van der Waals surface area contributed by atoms with Gasteiger partial charge in [-0.05, 0) is 37.0 Å². The molecular formula is C10H12F2. The SMILES string of the molecule is Cc1ccc(CCCF)c(F)c1. The summed E-state index contributed by atoms with van der Waals surface area (Å²) >= 11 is 0. The summed E-state index contributed by atoms with van der Waals surface area (Å²) in [5, 5.41) is 0. The molecule has 0 spiro atoms. The first-order valence-electron chi connectivity index (χ1n) is 4.05. The van der Waals surface area contributed by atoms with Gasteiger partial charge in [0.05, 0.1) is 6.67 Å². The highest BCUT2D eigenvalue weighted by molar-refractivity contribution is 5.23. The number of alkyl halides is 1. The van der Waals surface area contributed by atoms with Gasteiger partial charge < -0.3 is 0 Å². The number of rotatable bonds is 3. The van der Waals surface area contributed by atoms with Gasteiger partial charge in [-0.1, -0.05) is 12.1 Å². The average molecular weight is 170 g/mol. The number of halogens is 2. The third-order valence-electron chi connectivity index (χ3n) is 1.79. The second kappa shape index (κ2) is 4.19. The molecule has 0 nitrogen and oxygen atoms in total. The molecule has 1 aromatic rings. The molecule has 0 amide bonds. The predicted molar refractivity (Wildman–Crippen MR) is 45.4 cm³/mol. The summed E-state index contributed by atoms with van der Waals surface area (Å²) in [7, 11) is 0. The Kier molecular flexibility index (Phi) is 3.20. The molecule has 0 saturated carbocycles. The highest BCUT2D eigenvalue weighted by Crippen LogP contribution is 2.11. The summed E-state index contributed by atoms with van der Waals surface area (Å²) in [6, 6.07) is 5.05. The number of hydrogen-bond acceptors (Lipinski definition) is 0. The maximum Gasteiger partial charge on any atom is 0.126 e. The molecule has 66 valence electrons. The lowest BCUT2D eigenvalue weighted by molar-refractivity contribution is 0.469. The maximum absolute atomic E-state index is 13.1. The Morgan fingerprint density at radius 3 is 2.67 bits per heavy atom. The summed E-state index contributed by atoms with van der Waals surface area (Å²) in [6.07, 6.45) is 0.891. The fraction of sp³-hybridized carbons (Fsp3) is 0.400. The summed E-state index contributed by atoms with van der Waals surface area (Å²) < 4.78 is 24.8. The van der Waals surface area contributed by atoms with E-state index in [1.165, 1.54) is 6.07 Å². The zero-order valence-corrected chi connectivity index (χ0v) is 7.11. The van der Waals surface area contributed by atoms with Crippen molar-refractivity contribution in [2.24, 2.45) is 0 Å². The van der Waals surface area contributed by atoms with Gasteiger partial charge in [-0.2, -0.15) is 0 Å². The molecule has 0 bridgehead atoms. The van der Waals surface area contributed by atoms with E-state index in [1.54, 1.807) is 6.07 Å². The van der Waals surface area contributed by atoms with Crippen LogP contribution < -0.4 is 0 Å². The quantitative estimate of drug-likeness (QED) is 0.654. The van der Waals surface area contributed by atoms with Crippen molar-refractivity contribution in [1.82, 2.24) is 0 Å². The average Bonchev–Trinajstić information content (AvgIpc) is 2.03. The fourth-order valence-electron chi connectivity index (χ4n) is 1.11. The standard InChI is InChI=1S/C10H12F2/c1-8-4-5-9(3-2-6-11)10(12)7-8/h4-5,7H,2-3,6H2,1H3. The van der Waals surface area contributed by atoms with Crippen LogP contribution in [0.25, 0.3) is 0 Å². The lowest BCUT2D eigenvalue weighted by Gasteiger charge is -2.01.